The van der Waals surface area contributed by atoms with Crippen LogP contribution in [0.4, 0.5) is 0 Å². The summed E-state index contributed by atoms with van der Waals surface area (Å²) in [4.78, 5) is 23.3. The fraction of sp³-hybridized carbons (Fsp3) is 0.333. The first-order valence-electron chi connectivity index (χ1n) is 6.57. The van der Waals surface area contributed by atoms with Crippen LogP contribution in [0.2, 0.25) is 0 Å². The number of hydrogen-bond donors (Lipinski definition) is 1. The minimum absolute atomic E-state index is 0.0140. The molecule has 1 aliphatic rings. The van der Waals surface area contributed by atoms with Gasteiger partial charge in [-0.3, -0.25) is 4.79 Å². The molecule has 0 unspecified atom stereocenters. The van der Waals surface area contributed by atoms with Gasteiger partial charge in [0.15, 0.2) is 12.2 Å². The highest BCUT2D eigenvalue weighted by atomic mass is 16.5. The fourth-order valence-electron chi connectivity index (χ4n) is 1.92. The summed E-state index contributed by atoms with van der Waals surface area (Å²) in [7, 11) is 0. The average Bonchev–Trinajstić information content (AvgIpc) is 2.81. The zero-order valence-corrected chi connectivity index (χ0v) is 11.3. The van der Waals surface area contributed by atoms with Crippen LogP contribution in [0.3, 0.4) is 0 Å². The largest absolute Gasteiger partial charge is 0.470 e. The highest BCUT2D eigenvalue weighted by Gasteiger charge is 2.31. The van der Waals surface area contributed by atoms with Crippen molar-refractivity contribution in [2.45, 2.75) is 13.3 Å². The van der Waals surface area contributed by atoms with E-state index < -0.39 is 5.97 Å². The van der Waals surface area contributed by atoms with Crippen molar-refractivity contribution in [2.24, 2.45) is 0 Å². The Kier molecular flexibility index (Phi) is 4.76. The number of nitrogens with one attached hydrogen (secondary N) is 1. The van der Waals surface area contributed by atoms with Gasteiger partial charge in [-0.25, -0.2) is 4.79 Å². The van der Waals surface area contributed by atoms with Gasteiger partial charge in [-0.2, -0.15) is 0 Å². The van der Waals surface area contributed by atoms with Crippen LogP contribution in [0.15, 0.2) is 41.8 Å². The topological polar surface area (TPSA) is 64.6 Å². The van der Waals surface area contributed by atoms with Crippen LogP contribution in [0.5, 0.6) is 0 Å². The van der Waals surface area contributed by atoms with Gasteiger partial charge in [-0.15, -0.1) is 0 Å². The Bertz CT molecular complexity index is 522. The predicted octanol–water partition coefficient (Wildman–Crippen LogP) is 1.19. The predicted molar refractivity (Wildman–Crippen MR) is 72.8 cm³/mol. The number of rotatable bonds is 6. The third kappa shape index (κ3) is 3.38. The van der Waals surface area contributed by atoms with Crippen LogP contribution in [-0.4, -0.2) is 31.5 Å². The van der Waals surface area contributed by atoms with Crippen LogP contribution >= 0.6 is 0 Å². The van der Waals surface area contributed by atoms with Gasteiger partial charge in [-0.1, -0.05) is 30.3 Å². The molecular formula is C15H17NO4. The molecule has 1 aliphatic heterocycles. The van der Waals surface area contributed by atoms with Gasteiger partial charge in [0.25, 0.3) is 0 Å². The summed E-state index contributed by atoms with van der Waals surface area (Å²) >= 11 is 0. The van der Waals surface area contributed by atoms with Gasteiger partial charge in [0.05, 0.1) is 6.61 Å². The van der Waals surface area contributed by atoms with Gasteiger partial charge in [0.2, 0.25) is 11.7 Å². The molecule has 0 saturated heterocycles. The van der Waals surface area contributed by atoms with E-state index in [4.69, 9.17) is 9.47 Å². The Labute approximate surface area is 117 Å². The van der Waals surface area contributed by atoms with Crippen LogP contribution in [0, 0.1) is 0 Å². The van der Waals surface area contributed by atoms with Crippen molar-refractivity contribution in [3.05, 3.63) is 47.4 Å². The maximum absolute atomic E-state index is 11.7. The lowest BCUT2D eigenvalue weighted by Gasteiger charge is -2.08. The van der Waals surface area contributed by atoms with Gasteiger partial charge in [0, 0.05) is 6.54 Å². The number of carbonyl (C=O) groups is 2. The van der Waals surface area contributed by atoms with Gasteiger partial charge in [-0.05, 0) is 18.9 Å². The molecule has 5 heteroatoms. The summed E-state index contributed by atoms with van der Waals surface area (Å²) < 4.78 is 10.1. The van der Waals surface area contributed by atoms with E-state index in [-0.39, 0.29) is 30.5 Å². The van der Waals surface area contributed by atoms with E-state index in [9.17, 15) is 9.59 Å². The van der Waals surface area contributed by atoms with Crippen LogP contribution in [-0.2, 0) is 25.5 Å². The maximum atomic E-state index is 11.7. The summed E-state index contributed by atoms with van der Waals surface area (Å²) in [5.74, 6) is -0.743. The molecule has 1 aromatic carbocycles. The third-order valence-corrected chi connectivity index (χ3v) is 2.88. The first kappa shape index (κ1) is 14.1. The second-order valence-corrected chi connectivity index (χ2v) is 4.30. The normalized spacial score (nSPS) is 14.2. The first-order valence-corrected chi connectivity index (χ1v) is 6.57. The number of ketones is 1. The molecule has 0 amide bonds. The molecule has 0 bridgehead atoms. The van der Waals surface area contributed by atoms with Crippen molar-refractivity contribution < 1.29 is 19.1 Å². The Morgan fingerprint density at radius 2 is 2.10 bits per heavy atom. The van der Waals surface area contributed by atoms with Gasteiger partial charge < -0.3 is 14.8 Å². The molecule has 0 atom stereocenters. The number of esters is 1. The van der Waals surface area contributed by atoms with Crippen molar-refractivity contribution in [2.75, 3.05) is 19.8 Å². The van der Waals surface area contributed by atoms with E-state index in [1.165, 1.54) is 5.56 Å². The second kappa shape index (κ2) is 6.75. The number of carbonyl (C=O) groups excluding carboxylic acids is 2. The standard InChI is InChI=1S/C15H17NO4/c1-2-19-15(18)13-12(17)10-20-14(13)16-9-8-11-6-4-3-5-7-11/h3-7,16H,2,8-10H2,1H3. The van der Waals surface area contributed by atoms with E-state index in [1.807, 2.05) is 30.3 Å². The quantitative estimate of drug-likeness (QED) is 0.624. The van der Waals surface area contributed by atoms with E-state index in [1.54, 1.807) is 6.92 Å². The summed E-state index contributed by atoms with van der Waals surface area (Å²) in [6.07, 6.45) is 0.776. The van der Waals surface area contributed by atoms with Crippen molar-refractivity contribution in [3.8, 4) is 0 Å². The summed E-state index contributed by atoms with van der Waals surface area (Å²) in [5.41, 5.74) is 1.16. The average molecular weight is 275 g/mol. The molecule has 1 aromatic rings. The molecule has 0 aliphatic carbocycles. The number of benzene rings is 1. The van der Waals surface area contributed by atoms with E-state index in [2.05, 4.69) is 5.32 Å². The molecule has 106 valence electrons. The minimum atomic E-state index is -0.628. The Morgan fingerprint density at radius 1 is 1.35 bits per heavy atom. The summed E-state index contributed by atoms with van der Waals surface area (Å²) in [6, 6.07) is 9.92. The number of Topliss-reactive ketones (excluding diaryl/α,β-unsaturated/α-hetero) is 1. The fourth-order valence-corrected chi connectivity index (χ4v) is 1.92. The molecule has 1 heterocycles. The Hall–Kier alpha value is -2.30. The van der Waals surface area contributed by atoms with E-state index in [0.717, 1.165) is 6.42 Å². The molecule has 1 N–H and O–H groups in total. The maximum Gasteiger partial charge on any atom is 0.347 e. The number of hydrogen-bond acceptors (Lipinski definition) is 5. The molecule has 0 spiro atoms. The van der Waals surface area contributed by atoms with E-state index in [0.29, 0.717) is 6.54 Å². The second-order valence-electron chi connectivity index (χ2n) is 4.30. The zero-order valence-electron chi connectivity index (χ0n) is 11.3. The molecule has 0 aromatic heterocycles. The van der Waals surface area contributed by atoms with E-state index >= 15 is 0 Å². The van der Waals surface area contributed by atoms with Crippen molar-refractivity contribution >= 4 is 11.8 Å². The molecule has 5 nitrogen and oxygen atoms in total. The lowest BCUT2D eigenvalue weighted by Crippen LogP contribution is -2.21. The van der Waals surface area contributed by atoms with Crippen LogP contribution in [0.25, 0.3) is 0 Å². The highest BCUT2D eigenvalue weighted by molar-refractivity contribution is 6.19. The van der Waals surface area contributed by atoms with Crippen LogP contribution in [0.1, 0.15) is 12.5 Å². The van der Waals surface area contributed by atoms with Crippen LogP contribution < -0.4 is 5.32 Å². The summed E-state index contributed by atoms with van der Waals surface area (Å²) in [5, 5.41) is 2.99. The Morgan fingerprint density at radius 3 is 2.80 bits per heavy atom. The molecule has 0 radical (unpaired) electrons. The molecular weight excluding hydrogens is 258 g/mol. The SMILES string of the molecule is CCOC(=O)C1=C(NCCc2ccccc2)OCC1=O. The highest BCUT2D eigenvalue weighted by Crippen LogP contribution is 2.15. The molecule has 20 heavy (non-hydrogen) atoms. The lowest BCUT2D eigenvalue weighted by atomic mass is 10.1. The smallest absolute Gasteiger partial charge is 0.347 e. The van der Waals surface area contributed by atoms with Crippen molar-refractivity contribution in [1.29, 1.82) is 0 Å². The summed E-state index contributed by atoms with van der Waals surface area (Å²) in [6.45, 7) is 2.39. The third-order valence-electron chi connectivity index (χ3n) is 2.88. The first-order chi connectivity index (χ1) is 9.72. The lowest BCUT2D eigenvalue weighted by molar-refractivity contribution is -0.139. The molecule has 0 fully saturated rings. The molecule has 0 saturated carbocycles. The minimum Gasteiger partial charge on any atom is -0.470 e. The van der Waals surface area contributed by atoms with Crippen molar-refractivity contribution in [3.63, 3.8) is 0 Å². The van der Waals surface area contributed by atoms with Gasteiger partial charge in [0.1, 0.15) is 0 Å². The van der Waals surface area contributed by atoms with Gasteiger partial charge >= 0.3 is 5.97 Å². The molecule has 2 rings (SSSR count). The Balaban J connectivity index is 1.96. The monoisotopic (exact) mass is 275 g/mol. The van der Waals surface area contributed by atoms with Crippen molar-refractivity contribution in [1.82, 2.24) is 5.32 Å². The zero-order chi connectivity index (χ0) is 14.4. The number of ether oxygens (including phenoxy) is 2.